The largest absolute Gasteiger partial charge is 0.469 e. The average Bonchev–Trinajstić information content (AvgIpc) is 3.17. The molecule has 0 aromatic heterocycles. The number of hydrogen-bond donors (Lipinski definition) is 1. The number of esters is 2. The molecular weight excluding hydrogens is 378 g/mol. The van der Waals surface area contributed by atoms with Crippen LogP contribution in [0.1, 0.15) is 30.4 Å². The van der Waals surface area contributed by atoms with Gasteiger partial charge in [0.15, 0.2) is 0 Å². The summed E-state index contributed by atoms with van der Waals surface area (Å²) >= 11 is 0. The average molecular weight is 408 g/mol. The van der Waals surface area contributed by atoms with Crippen LogP contribution in [0.3, 0.4) is 0 Å². The summed E-state index contributed by atoms with van der Waals surface area (Å²) < 4.78 is 10.6. The Labute approximate surface area is 178 Å². The van der Waals surface area contributed by atoms with Crippen molar-refractivity contribution in [2.75, 3.05) is 7.11 Å². The third kappa shape index (κ3) is 5.36. The van der Waals surface area contributed by atoms with E-state index in [4.69, 9.17) is 9.47 Å². The summed E-state index contributed by atoms with van der Waals surface area (Å²) in [5.74, 6) is -1.82. The lowest BCUT2D eigenvalue weighted by atomic mass is 9.91. The van der Waals surface area contributed by atoms with Crippen LogP contribution < -0.4 is 5.32 Å². The second kappa shape index (κ2) is 10.2. The standard InChI is InChI=1S/C25H29NO4/c1-3-14-25(26-17-19-10-6-4-7-11-19)15-21(23(27)29-2)22(16-25)24(28)30-18-20-12-8-5-9-13-20/h3-13,21-22,26H,1,14-18H2,2H3/t21-,22+,25?/m0/s1. The molecule has 5 heteroatoms. The van der Waals surface area contributed by atoms with Crippen molar-refractivity contribution in [3.63, 3.8) is 0 Å². The Balaban J connectivity index is 1.74. The van der Waals surface area contributed by atoms with Crippen molar-refractivity contribution in [1.29, 1.82) is 0 Å². The Bertz CT molecular complexity index is 852. The number of rotatable bonds is 9. The van der Waals surface area contributed by atoms with Crippen LogP contribution in [-0.2, 0) is 32.2 Å². The zero-order chi connectivity index (χ0) is 21.4. The van der Waals surface area contributed by atoms with Gasteiger partial charge in [0.1, 0.15) is 6.61 Å². The second-order valence-corrected chi connectivity index (χ2v) is 7.85. The van der Waals surface area contributed by atoms with Crippen LogP contribution in [0.5, 0.6) is 0 Å². The quantitative estimate of drug-likeness (QED) is 0.502. The highest BCUT2D eigenvalue weighted by Crippen LogP contribution is 2.43. The van der Waals surface area contributed by atoms with E-state index in [1.165, 1.54) is 7.11 Å². The molecule has 0 spiro atoms. The van der Waals surface area contributed by atoms with Gasteiger partial charge in [-0.25, -0.2) is 0 Å². The van der Waals surface area contributed by atoms with Gasteiger partial charge in [0, 0.05) is 12.1 Å². The summed E-state index contributed by atoms with van der Waals surface area (Å²) in [4.78, 5) is 25.4. The van der Waals surface area contributed by atoms with E-state index < -0.39 is 17.4 Å². The van der Waals surface area contributed by atoms with Crippen LogP contribution in [-0.4, -0.2) is 24.6 Å². The fraction of sp³-hybridized carbons (Fsp3) is 0.360. The van der Waals surface area contributed by atoms with E-state index in [1.807, 2.05) is 66.7 Å². The van der Waals surface area contributed by atoms with Gasteiger partial charge in [0.2, 0.25) is 0 Å². The maximum absolute atomic E-state index is 12.9. The molecule has 1 fully saturated rings. The molecule has 0 amide bonds. The topological polar surface area (TPSA) is 64.6 Å². The molecule has 3 rings (SSSR count). The first kappa shape index (κ1) is 21.8. The summed E-state index contributed by atoms with van der Waals surface area (Å²) in [7, 11) is 1.36. The Kier molecular flexibility index (Phi) is 7.41. The van der Waals surface area contributed by atoms with Gasteiger partial charge in [-0.3, -0.25) is 9.59 Å². The predicted molar refractivity (Wildman–Crippen MR) is 115 cm³/mol. The lowest BCUT2D eigenvalue weighted by molar-refractivity contribution is -0.158. The smallest absolute Gasteiger partial charge is 0.310 e. The maximum atomic E-state index is 12.9. The molecule has 0 radical (unpaired) electrons. The number of methoxy groups -OCH3 is 1. The van der Waals surface area contributed by atoms with Gasteiger partial charge in [-0.05, 0) is 30.4 Å². The second-order valence-electron chi connectivity index (χ2n) is 7.85. The van der Waals surface area contributed by atoms with E-state index in [1.54, 1.807) is 0 Å². The number of carbonyl (C=O) groups excluding carboxylic acids is 2. The van der Waals surface area contributed by atoms with Crippen molar-refractivity contribution in [3.05, 3.63) is 84.4 Å². The van der Waals surface area contributed by atoms with Crippen molar-refractivity contribution >= 4 is 11.9 Å². The molecule has 1 aliphatic rings. The van der Waals surface area contributed by atoms with Gasteiger partial charge < -0.3 is 14.8 Å². The molecule has 1 unspecified atom stereocenters. The molecule has 1 N–H and O–H groups in total. The number of benzene rings is 2. The Morgan fingerprint density at radius 1 is 1.00 bits per heavy atom. The van der Waals surface area contributed by atoms with E-state index in [2.05, 4.69) is 11.9 Å². The summed E-state index contributed by atoms with van der Waals surface area (Å²) in [5.41, 5.74) is 1.65. The molecule has 1 saturated carbocycles. The highest BCUT2D eigenvalue weighted by Gasteiger charge is 2.51. The van der Waals surface area contributed by atoms with E-state index in [-0.39, 0.29) is 18.5 Å². The van der Waals surface area contributed by atoms with Crippen LogP contribution in [0.4, 0.5) is 0 Å². The molecule has 0 bridgehead atoms. The van der Waals surface area contributed by atoms with Crippen LogP contribution in [0.25, 0.3) is 0 Å². The van der Waals surface area contributed by atoms with Crippen molar-refractivity contribution < 1.29 is 19.1 Å². The highest BCUT2D eigenvalue weighted by atomic mass is 16.5. The van der Waals surface area contributed by atoms with Gasteiger partial charge in [-0.15, -0.1) is 6.58 Å². The minimum atomic E-state index is -0.551. The van der Waals surface area contributed by atoms with Crippen LogP contribution in [0.2, 0.25) is 0 Å². The predicted octanol–water partition coefficient (Wildman–Crippen LogP) is 4.03. The Morgan fingerprint density at radius 2 is 1.57 bits per heavy atom. The fourth-order valence-electron chi connectivity index (χ4n) is 4.24. The Morgan fingerprint density at radius 3 is 2.13 bits per heavy atom. The van der Waals surface area contributed by atoms with Gasteiger partial charge in [0.05, 0.1) is 18.9 Å². The maximum Gasteiger partial charge on any atom is 0.310 e. The summed E-state index contributed by atoms with van der Waals surface area (Å²) in [6, 6.07) is 19.6. The summed E-state index contributed by atoms with van der Waals surface area (Å²) in [6.07, 6.45) is 3.49. The molecule has 0 saturated heterocycles. The zero-order valence-corrected chi connectivity index (χ0v) is 17.4. The van der Waals surface area contributed by atoms with E-state index in [9.17, 15) is 9.59 Å². The molecule has 0 aliphatic heterocycles. The SMILES string of the molecule is C=CCC1(NCc2ccccc2)C[C@H](C(=O)OC)[C@H](C(=O)OCc2ccccc2)C1. The third-order valence-electron chi connectivity index (χ3n) is 5.78. The zero-order valence-electron chi connectivity index (χ0n) is 17.4. The van der Waals surface area contributed by atoms with Gasteiger partial charge in [-0.1, -0.05) is 66.7 Å². The van der Waals surface area contributed by atoms with E-state index >= 15 is 0 Å². The third-order valence-corrected chi connectivity index (χ3v) is 5.78. The molecule has 2 aromatic rings. The molecular formula is C25H29NO4. The van der Waals surface area contributed by atoms with E-state index in [0.29, 0.717) is 25.8 Å². The first-order valence-corrected chi connectivity index (χ1v) is 10.2. The van der Waals surface area contributed by atoms with Gasteiger partial charge in [-0.2, -0.15) is 0 Å². The monoisotopic (exact) mass is 407 g/mol. The Hall–Kier alpha value is -2.92. The molecule has 158 valence electrons. The lowest BCUT2D eigenvalue weighted by Crippen LogP contribution is -2.42. The summed E-state index contributed by atoms with van der Waals surface area (Å²) in [5, 5.41) is 3.59. The van der Waals surface area contributed by atoms with Crippen molar-refractivity contribution in [3.8, 4) is 0 Å². The van der Waals surface area contributed by atoms with Crippen molar-refractivity contribution in [1.82, 2.24) is 5.32 Å². The van der Waals surface area contributed by atoms with Crippen molar-refractivity contribution in [2.45, 2.75) is 38.0 Å². The summed E-state index contributed by atoms with van der Waals surface area (Å²) in [6.45, 7) is 4.73. The number of hydrogen-bond acceptors (Lipinski definition) is 5. The first-order valence-electron chi connectivity index (χ1n) is 10.2. The van der Waals surface area contributed by atoms with Crippen LogP contribution >= 0.6 is 0 Å². The normalized spacial score (nSPS) is 23.0. The fourth-order valence-corrected chi connectivity index (χ4v) is 4.24. The van der Waals surface area contributed by atoms with Crippen molar-refractivity contribution in [2.24, 2.45) is 11.8 Å². The molecule has 5 nitrogen and oxygen atoms in total. The number of carbonyl (C=O) groups is 2. The highest BCUT2D eigenvalue weighted by molar-refractivity contribution is 5.83. The molecule has 1 aliphatic carbocycles. The molecule has 30 heavy (non-hydrogen) atoms. The van der Waals surface area contributed by atoms with Gasteiger partial charge >= 0.3 is 11.9 Å². The number of ether oxygens (including phenoxy) is 2. The van der Waals surface area contributed by atoms with Gasteiger partial charge in [0.25, 0.3) is 0 Å². The minimum absolute atomic E-state index is 0.190. The molecule has 2 aromatic carbocycles. The number of nitrogens with one attached hydrogen (secondary N) is 1. The van der Waals surface area contributed by atoms with E-state index in [0.717, 1.165) is 11.1 Å². The molecule has 0 heterocycles. The molecule has 3 atom stereocenters. The lowest BCUT2D eigenvalue weighted by Gasteiger charge is -2.30. The van der Waals surface area contributed by atoms with Crippen LogP contribution in [0.15, 0.2) is 73.3 Å². The van der Waals surface area contributed by atoms with Crippen LogP contribution in [0, 0.1) is 11.8 Å². The first-order chi connectivity index (χ1) is 14.6. The minimum Gasteiger partial charge on any atom is -0.469 e.